The van der Waals surface area contributed by atoms with Crippen LogP contribution in [0.4, 0.5) is 0 Å². The van der Waals surface area contributed by atoms with Crippen LogP contribution in [0.1, 0.15) is 45.4 Å². The minimum absolute atomic E-state index is 0.116. The summed E-state index contributed by atoms with van der Waals surface area (Å²) in [4.78, 5) is 28.8. The zero-order valence-corrected chi connectivity index (χ0v) is 15.6. The Morgan fingerprint density at radius 3 is 2.67 bits per heavy atom. The quantitative estimate of drug-likeness (QED) is 0.665. The van der Waals surface area contributed by atoms with Gasteiger partial charge in [-0.2, -0.15) is 0 Å². The summed E-state index contributed by atoms with van der Waals surface area (Å²) in [6.07, 6.45) is 5.32. The lowest BCUT2D eigenvalue weighted by Gasteiger charge is -2.35. The predicted molar refractivity (Wildman–Crippen MR) is 96.7 cm³/mol. The number of hydrogen-bond acceptors (Lipinski definition) is 5. The van der Waals surface area contributed by atoms with Crippen LogP contribution < -0.4 is 5.73 Å². The number of thioether (sulfide) groups is 1. The fourth-order valence-electron chi connectivity index (χ4n) is 3.15. The van der Waals surface area contributed by atoms with E-state index in [0.717, 1.165) is 50.9 Å². The Morgan fingerprint density at radius 2 is 2.00 bits per heavy atom. The van der Waals surface area contributed by atoms with Gasteiger partial charge in [0.1, 0.15) is 6.04 Å². The van der Waals surface area contributed by atoms with Crippen LogP contribution in [0.3, 0.4) is 0 Å². The van der Waals surface area contributed by atoms with E-state index in [9.17, 15) is 9.59 Å². The van der Waals surface area contributed by atoms with E-state index < -0.39 is 0 Å². The predicted octanol–water partition coefficient (Wildman–Crippen LogP) is 1.43. The van der Waals surface area contributed by atoms with Gasteiger partial charge in [0.15, 0.2) is 0 Å². The Bertz CT molecular complexity index is 414. The van der Waals surface area contributed by atoms with Crippen molar-refractivity contribution >= 4 is 23.6 Å². The van der Waals surface area contributed by atoms with E-state index >= 15 is 0 Å². The Kier molecular flexibility index (Phi) is 8.35. The molecule has 2 aliphatic heterocycles. The number of nitrogens with zero attached hydrogens (tertiary/aromatic N) is 2. The van der Waals surface area contributed by atoms with Crippen LogP contribution in [0.15, 0.2) is 0 Å². The van der Waals surface area contributed by atoms with Gasteiger partial charge in [0, 0.05) is 31.9 Å². The average molecular weight is 358 g/mol. The van der Waals surface area contributed by atoms with E-state index in [2.05, 4.69) is 6.92 Å². The van der Waals surface area contributed by atoms with Crippen LogP contribution in [-0.2, 0) is 14.3 Å². The van der Waals surface area contributed by atoms with E-state index in [-0.39, 0.29) is 24.0 Å². The van der Waals surface area contributed by atoms with Crippen molar-refractivity contribution in [3.63, 3.8) is 0 Å². The summed E-state index contributed by atoms with van der Waals surface area (Å²) < 4.78 is 5.79. The fourth-order valence-corrected chi connectivity index (χ4v) is 4.32. The Balaban J connectivity index is 1.80. The van der Waals surface area contributed by atoms with Crippen molar-refractivity contribution < 1.29 is 14.3 Å². The van der Waals surface area contributed by atoms with Gasteiger partial charge in [-0.15, -0.1) is 11.8 Å². The second-order valence-electron chi connectivity index (χ2n) is 6.52. The van der Waals surface area contributed by atoms with Crippen molar-refractivity contribution in [1.29, 1.82) is 0 Å². The molecule has 0 spiro atoms. The maximum Gasteiger partial charge on any atom is 0.246 e. The van der Waals surface area contributed by atoms with E-state index in [1.54, 1.807) is 16.7 Å². The van der Waals surface area contributed by atoms with Gasteiger partial charge in [-0.3, -0.25) is 9.59 Å². The molecule has 1 unspecified atom stereocenters. The number of hydrogen-bond donors (Lipinski definition) is 1. The highest BCUT2D eigenvalue weighted by atomic mass is 32.2. The summed E-state index contributed by atoms with van der Waals surface area (Å²) in [6, 6.07) is -0.269. The number of ether oxygens (including phenoxy) is 1. The summed E-state index contributed by atoms with van der Waals surface area (Å²) in [6.45, 7) is 4.88. The Labute approximate surface area is 149 Å². The van der Waals surface area contributed by atoms with Crippen LogP contribution in [0.25, 0.3) is 0 Å². The number of piperidine rings is 1. The molecule has 7 heteroatoms. The van der Waals surface area contributed by atoms with Gasteiger partial charge in [-0.1, -0.05) is 13.3 Å². The van der Waals surface area contributed by atoms with E-state index in [1.165, 1.54) is 0 Å². The highest BCUT2D eigenvalue weighted by Gasteiger charge is 2.37. The molecule has 0 aromatic rings. The molecule has 0 aromatic heterocycles. The van der Waals surface area contributed by atoms with Gasteiger partial charge in [-0.05, 0) is 32.2 Å². The summed E-state index contributed by atoms with van der Waals surface area (Å²) >= 11 is 1.68. The molecular weight excluding hydrogens is 326 g/mol. The summed E-state index contributed by atoms with van der Waals surface area (Å²) in [5.41, 5.74) is 5.48. The second-order valence-corrected chi connectivity index (χ2v) is 7.52. The number of carbonyl (C=O) groups is 2. The van der Waals surface area contributed by atoms with Crippen molar-refractivity contribution in [1.82, 2.24) is 9.80 Å². The van der Waals surface area contributed by atoms with Gasteiger partial charge in [0.05, 0.1) is 12.0 Å². The highest BCUT2D eigenvalue weighted by molar-refractivity contribution is 7.99. The van der Waals surface area contributed by atoms with E-state index in [4.69, 9.17) is 10.5 Å². The van der Waals surface area contributed by atoms with Crippen molar-refractivity contribution in [3.05, 3.63) is 0 Å². The van der Waals surface area contributed by atoms with Crippen LogP contribution in [0.2, 0.25) is 0 Å². The maximum atomic E-state index is 12.8. The van der Waals surface area contributed by atoms with Crippen molar-refractivity contribution in [3.8, 4) is 0 Å². The largest absolute Gasteiger partial charge is 0.378 e. The normalized spacial score (nSPS) is 22.2. The summed E-state index contributed by atoms with van der Waals surface area (Å²) in [7, 11) is 0. The monoisotopic (exact) mass is 357 g/mol. The molecule has 2 saturated heterocycles. The molecule has 1 atom stereocenters. The maximum absolute atomic E-state index is 12.8. The van der Waals surface area contributed by atoms with Gasteiger partial charge in [0.25, 0.3) is 0 Å². The third-order valence-corrected chi connectivity index (χ3v) is 5.70. The molecule has 0 aliphatic carbocycles. The molecule has 138 valence electrons. The van der Waals surface area contributed by atoms with Gasteiger partial charge < -0.3 is 20.3 Å². The third kappa shape index (κ3) is 5.36. The second kappa shape index (κ2) is 10.3. The molecule has 0 radical (unpaired) electrons. The first-order chi connectivity index (χ1) is 11.7. The van der Waals surface area contributed by atoms with Crippen LogP contribution in [-0.4, -0.2) is 71.6 Å². The molecule has 2 aliphatic rings. The summed E-state index contributed by atoms with van der Waals surface area (Å²) in [5.74, 6) is 1.62. The molecule has 2 rings (SSSR count). The number of likely N-dealkylation sites (tertiary alicyclic amines) is 1. The zero-order valence-electron chi connectivity index (χ0n) is 14.7. The summed E-state index contributed by atoms with van der Waals surface area (Å²) in [5, 5.41) is 0. The molecule has 2 N–H and O–H groups in total. The lowest BCUT2D eigenvalue weighted by Crippen LogP contribution is -2.51. The average Bonchev–Trinajstić information content (AvgIpc) is 3.09. The SMILES string of the molecule is CCCCC(=O)N1CSCC1C(=O)N1CCC(OCCCN)CC1. The van der Waals surface area contributed by atoms with Crippen molar-refractivity contribution in [2.45, 2.75) is 57.6 Å². The highest BCUT2D eigenvalue weighted by Crippen LogP contribution is 2.25. The molecule has 2 amide bonds. The van der Waals surface area contributed by atoms with Crippen molar-refractivity contribution in [2.75, 3.05) is 37.9 Å². The lowest BCUT2D eigenvalue weighted by molar-refractivity contribution is -0.145. The number of carbonyl (C=O) groups excluding carboxylic acids is 2. The molecule has 2 fully saturated rings. The fraction of sp³-hybridized carbons (Fsp3) is 0.882. The van der Waals surface area contributed by atoms with Crippen LogP contribution in [0, 0.1) is 0 Å². The van der Waals surface area contributed by atoms with E-state index in [1.807, 2.05) is 4.90 Å². The minimum Gasteiger partial charge on any atom is -0.378 e. The van der Waals surface area contributed by atoms with Gasteiger partial charge in [-0.25, -0.2) is 0 Å². The number of nitrogens with two attached hydrogens (primary N) is 1. The van der Waals surface area contributed by atoms with Gasteiger partial charge >= 0.3 is 0 Å². The molecule has 24 heavy (non-hydrogen) atoms. The first-order valence-electron chi connectivity index (χ1n) is 9.15. The van der Waals surface area contributed by atoms with Crippen LogP contribution >= 0.6 is 11.8 Å². The first-order valence-corrected chi connectivity index (χ1v) is 10.3. The molecule has 6 nitrogen and oxygen atoms in total. The zero-order chi connectivity index (χ0) is 17.4. The number of rotatable bonds is 8. The number of amides is 2. The topological polar surface area (TPSA) is 75.9 Å². The first kappa shape index (κ1) is 19.5. The Hall–Kier alpha value is -0.790. The molecule has 2 heterocycles. The lowest BCUT2D eigenvalue weighted by atomic mass is 10.1. The van der Waals surface area contributed by atoms with E-state index in [0.29, 0.717) is 25.4 Å². The third-order valence-electron chi connectivity index (χ3n) is 4.69. The molecular formula is C17H31N3O3S. The minimum atomic E-state index is -0.269. The molecule has 0 saturated carbocycles. The molecule has 0 aromatic carbocycles. The smallest absolute Gasteiger partial charge is 0.246 e. The number of unbranched alkanes of at least 4 members (excludes halogenated alkanes) is 1. The van der Waals surface area contributed by atoms with Crippen molar-refractivity contribution in [2.24, 2.45) is 5.73 Å². The molecule has 0 bridgehead atoms. The standard InChI is InChI=1S/C17H31N3O3S/c1-2-3-5-16(21)20-13-24-12-15(20)17(22)19-9-6-14(7-10-19)23-11-4-8-18/h14-15H,2-13,18H2,1H3. The Morgan fingerprint density at radius 1 is 1.25 bits per heavy atom. The van der Waals surface area contributed by atoms with Crippen LogP contribution in [0.5, 0.6) is 0 Å². The van der Waals surface area contributed by atoms with Gasteiger partial charge in [0.2, 0.25) is 11.8 Å².